The molecule has 12 heteroatoms. The number of rotatable bonds is 9. The number of pyridine rings is 1. The van der Waals surface area contributed by atoms with Gasteiger partial charge in [0.05, 0.1) is 60.7 Å². The van der Waals surface area contributed by atoms with Gasteiger partial charge in [-0.25, -0.2) is 15.0 Å². The Kier molecular flexibility index (Phi) is 8.23. The van der Waals surface area contributed by atoms with Crippen LogP contribution in [0.1, 0.15) is 19.8 Å². The summed E-state index contributed by atoms with van der Waals surface area (Å²) in [5.74, 6) is 1.69. The van der Waals surface area contributed by atoms with Crippen LogP contribution in [0.4, 0.5) is 11.8 Å². The van der Waals surface area contributed by atoms with Crippen molar-refractivity contribution < 1.29 is 19.0 Å². The summed E-state index contributed by atoms with van der Waals surface area (Å²) in [6, 6.07) is 5.73. The number of carbonyl (C=O) groups is 1. The monoisotopic (exact) mass is 596 g/mol. The van der Waals surface area contributed by atoms with E-state index in [1.165, 1.54) is 20.3 Å². The van der Waals surface area contributed by atoms with Gasteiger partial charge in [-0.3, -0.25) is 4.79 Å². The Morgan fingerprint density at radius 1 is 1.27 bits per heavy atom. The van der Waals surface area contributed by atoms with E-state index >= 15 is 0 Å². The number of ether oxygens (including phenoxy) is 3. The molecule has 5 rings (SSSR count). The molecule has 0 radical (unpaired) electrons. The van der Waals surface area contributed by atoms with Crippen LogP contribution in [0.3, 0.4) is 0 Å². The summed E-state index contributed by atoms with van der Waals surface area (Å²) in [7, 11) is 3.03. The van der Waals surface area contributed by atoms with Gasteiger partial charge < -0.3 is 24.4 Å². The third-order valence-corrected chi connectivity index (χ3v) is 8.37. The number of anilines is 2. The van der Waals surface area contributed by atoms with E-state index in [4.69, 9.17) is 47.4 Å². The molecule has 0 spiro atoms. The number of nitrogens with zero attached hydrogens (tertiary/aromatic N) is 5. The molecule has 41 heavy (non-hydrogen) atoms. The number of fused-ring (bicyclic) bond motifs is 1. The lowest BCUT2D eigenvalue weighted by Crippen LogP contribution is -2.30. The van der Waals surface area contributed by atoms with E-state index in [1.54, 1.807) is 12.3 Å². The van der Waals surface area contributed by atoms with Crippen LogP contribution in [-0.4, -0.2) is 67.3 Å². The van der Waals surface area contributed by atoms with Crippen LogP contribution in [0.5, 0.6) is 11.5 Å². The van der Waals surface area contributed by atoms with Gasteiger partial charge in [-0.05, 0) is 25.5 Å². The van der Waals surface area contributed by atoms with Gasteiger partial charge in [0.25, 0.3) is 0 Å². The van der Waals surface area contributed by atoms with Crippen LogP contribution in [0, 0.1) is 22.7 Å². The van der Waals surface area contributed by atoms with Crippen molar-refractivity contribution in [2.45, 2.75) is 25.8 Å². The number of aromatic nitrogens is 3. The normalized spacial score (nSPS) is 22.0. The zero-order valence-corrected chi connectivity index (χ0v) is 24.6. The standard InChI is InChI=1S/C29H30Cl2N6O4/c1-5-18(38)8-17-12-41-13-20(17)35-28-33-11-16-9-19(23-24(30)21(39-3)10-22(40-4)25(23)31)34-27(26(16)36-28)37-7-6-29(2,14-32)15-37/h5,9-11,17,20H,1,6-8,12-13,15H2,2-4H3,(H,33,35,36)/t17-,20+,29?/m0/s1. The van der Waals surface area contributed by atoms with Gasteiger partial charge in [0.1, 0.15) is 17.0 Å². The van der Waals surface area contributed by atoms with Gasteiger partial charge >= 0.3 is 0 Å². The Morgan fingerprint density at radius 2 is 2.00 bits per heavy atom. The summed E-state index contributed by atoms with van der Waals surface area (Å²) in [4.78, 5) is 28.5. The number of nitriles is 1. The first kappa shape index (κ1) is 28.9. The number of ketones is 1. The molecule has 0 aliphatic carbocycles. The Morgan fingerprint density at radius 3 is 2.63 bits per heavy atom. The minimum absolute atomic E-state index is 0.0259. The SMILES string of the molecule is C=CC(=O)C[C@H]1COC[C@H]1Nc1ncc2cc(-c3c(Cl)c(OC)cc(OC)c3Cl)nc(N3CCC(C)(C#N)C3)c2n1. The molecule has 2 saturated heterocycles. The third kappa shape index (κ3) is 5.62. The maximum absolute atomic E-state index is 12.0. The van der Waals surface area contributed by atoms with Crippen molar-refractivity contribution in [3.8, 4) is 28.8 Å². The number of halogens is 2. The fourth-order valence-corrected chi connectivity index (χ4v) is 5.95. The molecule has 0 saturated carbocycles. The summed E-state index contributed by atoms with van der Waals surface area (Å²) >= 11 is 13.5. The highest BCUT2D eigenvalue weighted by Gasteiger charge is 2.36. The Hall–Kier alpha value is -3.65. The van der Waals surface area contributed by atoms with E-state index < -0.39 is 5.41 Å². The lowest BCUT2D eigenvalue weighted by atomic mass is 9.92. The molecule has 4 heterocycles. The maximum atomic E-state index is 12.0. The van der Waals surface area contributed by atoms with Gasteiger partial charge in [0.15, 0.2) is 11.6 Å². The predicted molar refractivity (Wildman–Crippen MR) is 158 cm³/mol. The third-order valence-electron chi connectivity index (χ3n) is 7.62. The molecule has 1 unspecified atom stereocenters. The summed E-state index contributed by atoms with van der Waals surface area (Å²) in [6.45, 7) is 7.50. The van der Waals surface area contributed by atoms with Crippen molar-refractivity contribution in [1.29, 1.82) is 5.26 Å². The fraction of sp³-hybridized carbons (Fsp3) is 0.414. The largest absolute Gasteiger partial charge is 0.495 e. The van der Waals surface area contributed by atoms with Crippen molar-refractivity contribution in [2.75, 3.05) is 50.7 Å². The fourth-order valence-electron chi connectivity index (χ4n) is 5.25. The molecule has 3 aromatic rings. The van der Waals surface area contributed by atoms with Crippen LogP contribution in [0.25, 0.3) is 22.2 Å². The first-order valence-corrected chi connectivity index (χ1v) is 13.9. The molecular formula is C29H30Cl2N6O4. The quantitative estimate of drug-likeness (QED) is 0.324. The summed E-state index contributed by atoms with van der Waals surface area (Å²) in [5.41, 5.74) is 1.02. The molecular weight excluding hydrogens is 567 g/mol. The molecule has 0 amide bonds. The van der Waals surface area contributed by atoms with Crippen LogP contribution in [0.15, 0.2) is 31.0 Å². The number of hydrogen-bond donors (Lipinski definition) is 1. The molecule has 2 aromatic heterocycles. The topological polar surface area (TPSA) is 122 Å². The first-order valence-electron chi connectivity index (χ1n) is 13.1. The zero-order valence-electron chi connectivity index (χ0n) is 23.0. The average Bonchev–Trinajstić information content (AvgIpc) is 3.59. The van der Waals surface area contributed by atoms with E-state index in [2.05, 4.69) is 27.8 Å². The second-order valence-corrected chi connectivity index (χ2v) is 11.3. The van der Waals surface area contributed by atoms with Gasteiger partial charge in [-0.2, -0.15) is 5.26 Å². The molecule has 214 valence electrons. The number of methoxy groups -OCH3 is 2. The van der Waals surface area contributed by atoms with Crippen molar-refractivity contribution in [3.63, 3.8) is 0 Å². The lowest BCUT2D eigenvalue weighted by molar-refractivity contribution is -0.115. The number of carbonyl (C=O) groups excluding carboxylic acids is 1. The second kappa shape index (κ2) is 11.7. The van der Waals surface area contributed by atoms with E-state index in [9.17, 15) is 10.1 Å². The van der Waals surface area contributed by atoms with E-state index in [0.717, 1.165) is 0 Å². The van der Waals surface area contributed by atoms with E-state index in [1.807, 2.05) is 13.0 Å². The minimum atomic E-state index is -0.529. The summed E-state index contributed by atoms with van der Waals surface area (Å²) in [5, 5.41) is 14.4. The molecule has 1 aromatic carbocycles. The molecule has 10 nitrogen and oxygen atoms in total. The van der Waals surface area contributed by atoms with Crippen molar-refractivity contribution in [2.24, 2.45) is 11.3 Å². The Labute approximate surface area is 248 Å². The van der Waals surface area contributed by atoms with Crippen molar-refractivity contribution in [3.05, 3.63) is 41.0 Å². The van der Waals surface area contributed by atoms with Crippen LogP contribution in [-0.2, 0) is 9.53 Å². The highest BCUT2D eigenvalue weighted by Crippen LogP contribution is 2.47. The summed E-state index contributed by atoms with van der Waals surface area (Å²) in [6.07, 6.45) is 4.05. The molecule has 2 fully saturated rings. The minimum Gasteiger partial charge on any atom is -0.495 e. The number of benzene rings is 1. The molecule has 1 N–H and O–H groups in total. The van der Waals surface area contributed by atoms with Crippen LogP contribution in [0.2, 0.25) is 10.0 Å². The van der Waals surface area contributed by atoms with Crippen molar-refractivity contribution >= 4 is 51.7 Å². The number of allylic oxidation sites excluding steroid dienone is 1. The van der Waals surface area contributed by atoms with Gasteiger partial charge in [-0.15, -0.1) is 0 Å². The lowest BCUT2D eigenvalue weighted by Gasteiger charge is -2.23. The Bertz CT molecular complexity index is 1530. The molecule has 0 bridgehead atoms. The Balaban J connectivity index is 1.61. The summed E-state index contributed by atoms with van der Waals surface area (Å²) < 4.78 is 16.6. The first-order chi connectivity index (χ1) is 19.7. The van der Waals surface area contributed by atoms with Crippen LogP contribution < -0.4 is 19.7 Å². The highest BCUT2D eigenvalue weighted by atomic mass is 35.5. The van der Waals surface area contributed by atoms with Gasteiger partial charge in [0.2, 0.25) is 5.95 Å². The van der Waals surface area contributed by atoms with Crippen LogP contribution >= 0.6 is 23.2 Å². The van der Waals surface area contributed by atoms with Gasteiger partial charge in [0, 0.05) is 48.6 Å². The smallest absolute Gasteiger partial charge is 0.223 e. The van der Waals surface area contributed by atoms with E-state index in [0.29, 0.717) is 94.6 Å². The van der Waals surface area contributed by atoms with Gasteiger partial charge in [-0.1, -0.05) is 29.8 Å². The molecule has 3 atom stereocenters. The second-order valence-electron chi connectivity index (χ2n) is 10.5. The predicted octanol–water partition coefficient (Wildman–Crippen LogP) is 5.33. The maximum Gasteiger partial charge on any atom is 0.223 e. The molecule has 2 aliphatic rings. The number of nitrogens with one attached hydrogen (secondary N) is 1. The van der Waals surface area contributed by atoms with Crippen molar-refractivity contribution in [1.82, 2.24) is 15.0 Å². The zero-order chi connectivity index (χ0) is 29.3. The average molecular weight is 598 g/mol. The molecule has 2 aliphatic heterocycles. The highest BCUT2D eigenvalue weighted by molar-refractivity contribution is 6.41. The number of hydrogen-bond acceptors (Lipinski definition) is 10. The van der Waals surface area contributed by atoms with E-state index in [-0.39, 0.29) is 17.7 Å².